The van der Waals surface area contributed by atoms with Crippen LogP contribution in [0.2, 0.25) is 0 Å². The highest BCUT2D eigenvalue weighted by molar-refractivity contribution is 6.15. The molecule has 0 spiro atoms. The fourth-order valence-corrected chi connectivity index (χ4v) is 8.22. The van der Waals surface area contributed by atoms with Crippen LogP contribution >= 0.6 is 0 Å². The van der Waals surface area contributed by atoms with Gasteiger partial charge in [0.05, 0.1) is 0 Å². The summed E-state index contributed by atoms with van der Waals surface area (Å²) in [6.07, 6.45) is 0. The normalized spacial score (nSPS) is 11.4. The van der Waals surface area contributed by atoms with E-state index in [-0.39, 0.29) is 0 Å². The van der Waals surface area contributed by atoms with Gasteiger partial charge in [-0.3, -0.25) is 0 Å². The molecule has 0 radical (unpaired) electrons. The Hall–Kier alpha value is -7.95. The summed E-state index contributed by atoms with van der Waals surface area (Å²) in [4.78, 5) is 15.6. The lowest BCUT2D eigenvalue weighted by Gasteiger charge is -2.11. The number of benzene rings is 9. The summed E-state index contributed by atoms with van der Waals surface area (Å²) in [5, 5.41) is 4.19. The largest absolute Gasteiger partial charge is 0.455 e. The van der Waals surface area contributed by atoms with Crippen LogP contribution in [0.15, 0.2) is 217 Å². The minimum atomic E-state index is 0.586. The van der Waals surface area contributed by atoms with Crippen molar-refractivity contribution in [2.24, 2.45) is 0 Å². The van der Waals surface area contributed by atoms with E-state index >= 15 is 0 Å². The second kappa shape index (κ2) is 14.5. The van der Waals surface area contributed by atoms with Gasteiger partial charge in [0, 0.05) is 33.0 Å². The van der Waals surface area contributed by atoms with Gasteiger partial charge < -0.3 is 4.42 Å². The molecule has 276 valence electrons. The van der Waals surface area contributed by atoms with Crippen LogP contribution in [0.1, 0.15) is 0 Å². The van der Waals surface area contributed by atoms with E-state index in [0.717, 1.165) is 77.2 Å². The second-order valence-electron chi connectivity index (χ2n) is 14.8. The van der Waals surface area contributed by atoms with Gasteiger partial charge in [0.1, 0.15) is 11.2 Å². The average molecular weight is 754 g/mol. The molecule has 59 heavy (non-hydrogen) atoms. The zero-order valence-electron chi connectivity index (χ0n) is 32.0. The molecule has 0 aliphatic carbocycles. The number of hydrogen-bond acceptors (Lipinski definition) is 4. The predicted octanol–water partition coefficient (Wildman–Crippen LogP) is 14.6. The fourth-order valence-electron chi connectivity index (χ4n) is 8.22. The maximum Gasteiger partial charge on any atom is 0.164 e. The molecule has 0 saturated carbocycles. The smallest absolute Gasteiger partial charge is 0.164 e. The highest BCUT2D eigenvalue weighted by Crippen LogP contribution is 2.41. The highest BCUT2D eigenvalue weighted by atomic mass is 16.3. The molecule has 2 heterocycles. The quantitative estimate of drug-likeness (QED) is 0.163. The summed E-state index contributed by atoms with van der Waals surface area (Å²) >= 11 is 0. The minimum absolute atomic E-state index is 0.586. The first-order valence-corrected chi connectivity index (χ1v) is 19.8. The van der Waals surface area contributed by atoms with E-state index in [9.17, 15) is 0 Å². The van der Waals surface area contributed by atoms with Gasteiger partial charge in [0.15, 0.2) is 17.5 Å². The van der Waals surface area contributed by atoms with Crippen molar-refractivity contribution >= 4 is 32.7 Å². The Morgan fingerprint density at radius 2 is 0.746 bits per heavy atom. The molecule has 0 bridgehead atoms. The molecule has 0 unspecified atom stereocenters. The summed E-state index contributed by atoms with van der Waals surface area (Å²) in [6, 6.07) is 74.0. The van der Waals surface area contributed by atoms with Gasteiger partial charge in [-0.25, -0.2) is 15.0 Å². The van der Waals surface area contributed by atoms with Crippen molar-refractivity contribution < 1.29 is 4.42 Å². The molecule has 0 N–H and O–H groups in total. The number of fused-ring (bicyclic) bond motifs is 4. The van der Waals surface area contributed by atoms with Gasteiger partial charge in [-0.15, -0.1) is 0 Å². The third-order valence-electron chi connectivity index (χ3n) is 11.2. The Balaban J connectivity index is 1.04. The zero-order chi connectivity index (χ0) is 39.1. The van der Waals surface area contributed by atoms with Gasteiger partial charge in [0.2, 0.25) is 0 Å². The molecule has 2 aromatic heterocycles. The van der Waals surface area contributed by atoms with E-state index in [1.807, 2.05) is 24.3 Å². The molecule has 0 fully saturated rings. The van der Waals surface area contributed by atoms with E-state index in [2.05, 4.69) is 188 Å². The first-order chi connectivity index (χ1) is 29.2. The average Bonchev–Trinajstić information content (AvgIpc) is 3.71. The second-order valence-corrected chi connectivity index (χ2v) is 14.8. The maximum absolute atomic E-state index is 6.75. The molecule has 0 saturated heterocycles. The van der Waals surface area contributed by atoms with Crippen LogP contribution in [-0.2, 0) is 0 Å². The lowest BCUT2D eigenvalue weighted by molar-refractivity contribution is 0.670. The molecule has 4 nitrogen and oxygen atoms in total. The number of nitrogens with zero attached hydrogens (tertiary/aromatic N) is 3. The minimum Gasteiger partial charge on any atom is -0.455 e. The maximum atomic E-state index is 6.75. The van der Waals surface area contributed by atoms with Crippen molar-refractivity contribution in [3.8, 4) is 78.7 Å². The Morgan fingerprint density at radius 1 is 0.288 bits per heavy atom. The SMILES string of the molecule is c1ccc(-c2ccc(-c3ccc(-c4nc(-c5cccc6ccccc56)nc(-c5cccc6oc7c(-c8cccc(-c9ccccc9)c8)cccc7c56)n4)cc3)cc2)cc1. The number of furan rings is 1. The first-order valence-electron chi connectivity index (χ1n) is 19.8. The molecule has 11 rings (SSSR count). The van der Waals surface area contributed by atoms with Crippen molar-refractivity contribution in [1.82, 2.24) is 15.0 Å². The van der Waals surface area contributed by atoms with E-state index in [1.54, 1.807) is 0 Å². The number of aromatic nitrogens is 3. The van der Waals surface area contributed by atoms with Gasteiger partial charge in [-0.1, -0.05) is 200 Å². The Morgan fingerprint density at radius 3 is 1.47 bits per heavy atom. The Labute approximate surface area is 341 Å². The highest BCUT2D eigenvalue weighted by Gasteiger charge is 2.20. The van der Waals surface area contributed by atoms with Crippen LogP contribution in [0.3, 0.4) is 0 Å². The molecular formula is C55H35N3O. The van der Waals surface area contributed by atoms with Crippen LogP contribution in [-0.4, -0.2) is 15.0 Å². The lowest BCUT2D eigenvalue weighted by atomic mass is 9.97. The van der Waals surface area contributed by atoms with Crippen molar-refractivity contribution in [3.63, 3.8) is 0 Å². The van der Waals surface area contributed by atoms with E-state index in [0.29, 0.717) is 17.5 Å². The van der Waals surface area contributed by atoms with Crippen molar-refractivity contribution in [2.45, 2.75) is 0 Å². The molecule has 0 aliphatic heterocycles. The first kappa shape index (κ1) is 34.3. The van der Waals surface area contributed by atoms with Crippen molar-refractivity contribution in [2.75, 3.05) is 0 Å². The Kier molecular flexibility index (Phi) is 8.45. The molecule has 0 atom stereocenters. The summed E-state index contributed by atoms with van der Waals surface area (Å²) in [5.41, 5.74) is 13.5. The fraction of sp³-hybridized carbons (Fsp3) is 0. The van der Waals surface area contributed by atoms with Crippen LogP contribution < -0.4 is 0 Å². The molecule has 11 aromatic rings. The number of hydrogen-bond donors (Lipinski definition) is 0. The third-order valence-corrected chi connectivity index (χ3v) is 11.2. The van der Waals surface area contributed by atoms with Crippen LogP contribution in [0.5, 0.6) is 0 Å². The summed E-state index contributed by atoms with van der Waals surface area (Å²) in [6.45, 7) is 0. The van der Waals surface area contributed by atoms with Gasteiger partial charge in [0.25, 0.3) is 0 Å². The third kappa shape index (κ3) is 6.34. The lowest BCUT2D eigenvalue weighted by Crippen LogP contribution is -2.01. The van der Waals surface area contributed by atoms with Crippen LogP contribution in [0, 0.1) is 0 Å². The number of para-hydroxylation sites is 1. The topological polar surface area (TPSA) is 51.8 Å². The standard InChI is InChI=1S/C55H35N3O/c1-3-13-36(14-4-1)38-27-29-39(30-28-38)40-31-33-42(34-32-40)53-56-54(47-23-10-18-41-17-7-8-21-45(41)47)58-55(57-53)49-25-12-26-50-51(49)48-24-11-22-46(52(48)59-50)44-20-9-19-43(35-44)37-15-5-2-6-16-37/h1-35H. The predicted molar refractivity (Wildman–Crippen MR) is 243 cm³/mol. The van der Waals surface area contributed by atoms with E-state index in [4.69, 9.17) is 19.4 Å². The molecule has 4 heteroatoms. The van der Waals surface area contributed by atoms with Crippen LogP contribution in [0.4, 0.5) is 0 Å². The number of rotatable bonds is 7. The molecule has 0 aliphatic rings. The zero-order valence-corrected chi connectivity index (χ0v) is 32.0. The molecule has 9 aromatic carbocycles. The monoisotopic (exact) mass is 753 g/mol. The Bertz CT molecular complexity index is 3290. The van der Waals surface area contributed by atoms with Crippen molar-refractivity contribution in [3.05, 3.63) is 212 Å². The van der Waals surface area contributed by atoms with Gasteiger partial charge >= 0.3 is 0 Å². The van der Waals surface area contributed by atoms with Crippen molar-refractivity contribution in [1.29, 1.82) is 0 Å². The summed E-state index contributed by atoms with van der Waals surface area (Å²) in [5.74, 6) is 1.81. The van der Waals surface area contributed by atoms with E-state index in [1.165, 1.54) is 16.7 Å². The van der Waals surface area contributed by atoms with Gasteiger partial charge in [-0.05, 0) is 61.8 Å². The molecule has 0 amide bonds. The summed E-state index contributed by atoms with van der Waals surface area (Å²) < 4.78 is 6.75. The van der Waals surface area contributed by atoms with E-state index < -0.39 is 0 Å². The summed E-state index contributed by atoms with van der Waals surface area (Å²) in [7, 11) is 0. The van der Waals surface area contributed by atoms with Gasteiger partial charge in [-0.2, -0.15) is 0 Å². The molecular weight excluding hydrogens is 719 g/mol. The van der Waals surface area contributed by atoms with Crippen LogP contribution in [0.25, 0.3) is 111 Å².